The molecule has 0 amide bonds. The normalized spacial score (nSPS) is 15.0. The third-order valence-electron chi connectivity index (χ3n) is 5.21. The van der Waals surface area contributed by atoms with Gasteiger partial charge in [0.1, 0.15) is 22.8 Å². The lowest BCUT2D eigenvalue weighted by Crippen LogP contribution is -2.31. The number of anilines is 1. The molecule has 0 fully saturated rings. The summed E-state index contributed by atoms with van der Waals surface area (Å²) in [6.07, 6.45) is 0. The Morgan fingerprint density at radius 2 is 1.73 bits per heavy atom. The van der Waals surface area contributed by atoms with E-state index < -0.39 is 23.6 Å². The number of carbonyl (C=O) groups excluding carboxylic acids is 2. The van der Waals surface area contributed by atoms with Crippen LogP contribution in [0.15, 0.2) is 57.2 Å². The summed E-state index contributed by atoms with van der Waals surface area (Å²) in [5, 5.41) is 23.8. The molecule has 2 aromatic carbocycles. The molecule has 0 unspecified atom stereocenters. The van der Waals surface area contributed by atoms with Crippen LogP contribution in [-0.2, 0) is 19.1 Å². The summed E-state index contributed by atoms with van der Waals surface area (Å²) in [6, 6.07) is 9.08. The predicted octanol–water partition coefficient (Wildman–Crippen LogP) is 3.25. The van der Waals surface area contributed by atoms with Gasteiger partial charge >= 0.3 is 17.6 Å². The third-order valence-corrected chi connectivity index (χ3v) is 5.21. The maximum absolute atomic E-state index is 13.2. The quantitative estimate of drug-likeness (QED) is 0.303. The van der Waals surface area contributed by atoms with Crippen LogP contribution < -0.4 is 10.9 Å². The number of carbonyl (C=O) groups is 2. The number of ether oxygens (including phenoxy) is 2. The summed E-state index contributed by atoms with van der Waals surface area (Å²) < 4.78 is 15.9. The van der Waals surface area contributed by atoms with Gasteiger partial charge in [0.05, 0.1) is 30.4 Å². The van der Waals surface area contributed by atoms with E-state index in [-0.39, 0.29) is 58.3 Å². The van der Waals surface area contributed by atoms with E-state index in [0.29, 0.717) is 5.39 Å². The minimum Gasteiger partial charge on any atom is -0.508 e. The molecular formula is C24H21NO8. The van der Waals surface area contributed by atoms with Gasteiger partial charge in [-0.1, -0.05) is 18.2 Å². The number of phenolic OH excluding ortho intramolecular Hbond substituents is 2. The number of hydrogen-bond acceptors (Lipinski definition) is 9. The Labute approximate surface area is 187 Å². The van der Waals surface area contributed by atoms with Gasteiger partial charge in [0.25, 0.3) is 0 Å². The molecule has 170 valence electrons. The Balaban J connectivity index is 2.14. The molecule has 2 heterocycles. The number of aromatic hydroxyl groups is 2. The van der Waals surface area contributed by atoms with E-state index in [1.165, 1.54) is 18.2 Å². The standard InChI is InChI=1S/C24H21NO8/c1-3-31-22(28)18-17-13-7-5-6-8-16(13)33-24(30)21(17)25-20(19(18)23(29)32-4-2)14-11-12(26)9-10-15(14)27/h5-11,20,25-27H,3-4H2,1-2H3/t20-/m1/s1. The number of esters is 2. The summed E-state index contributed by atoms with van der Waals surface area (Å²) in [7, 11) is 0. The van der Waals surface area contributed by atoms with Crippen LogP contribution in [0.25, 0.3) is 16.5 Å². The Kier molecular flexibility index (Phi) is 5.78. The molecule has 9 nitrogen and oxygen atoms in total. The van der Waals surface area contributed by atoms with Crippen molar-refractivity contribution in [2.45, 2.75) is 19.9 Å². The SMILES string of the molecule is CCOC(=O)C1=C(C(=O)OCC)[C@@H](c2cc(O)ccc2O)Nc2c1c1ccccc1oc2=O. The van der Waals surface area contributed by atoms with Crippen molar-refractivity contribution < 1.29 is 33.7 Å². The second kappa shape index (κ2) is 8.70. The van der Waals surface area contributed by atoms with Gasteiger partial charge in [-0.3, -0.25) is 0 Å². The molecule has 0 bridgehead atoms. The van der Waals surface area contributed by atoms with Crippen molar-refractivity contribution >= 4 is 34.2 Å². The molecule has 0 saturated heterocycles. The largest absolute Gasteiger partial charge is 0.508 e. The Morgan fingerprint density at radius 3 is 2.45 bits per heavy atom. The summed E-state index contributed by atoms with van der Waals surface area (Å²) >= 11 is 0. The number of benzene rings is 2. The van der Waals surface area contributed by atoms with Crippen LogP contribution in [0, 0.1) is 0 Å². The van der Waals surface area contributed by atoms with E-state index in [0.717, 1.165) is 0 Å². The molecule has 1 aliphatic heterocycles. The van der Waals surface area contributed by atoms with Crippen molar-refractivity contribution in [3.63, 3.8) is 0 Å². The van der Waals surface area contributed by atoms with Crippen molar-refractivity contribution in [3.8, 4) is 11.5 Å². The highest BCUT2D eigenvalue weighted by Crippen LogP contribution is 2.45. The maximum Gasteiger partial charge on any atom is 0.360 e. The van der Waals surface area contributed by atoms with Crippen LogP contribution >= 0.6 is 0 Å². The second-order valence-electron chi connectivity index (χ2n) is 7.19. The van der Waals surface area contributed by atoms with Gasteiger partial charge < -0.3 is 29.4 Å². The van der Waals surface area contributed by atoms with E-state index in [1.807, 2.05) is 0 Å². The van der Waals surface area contributed by atoms with E-state index >= 15 is 0 Å². The monoisotopic (exact) mass is 451 g/mol. The number of para-hydroxylation sites is 1. The van der Waals surface area contributed by atoms with Gasteiger partial charge in [-0.2, -0.15) is 0 Å². The molecule has 4 rings (SSSR count). The minimum absolute atomic E-state index is 0.0156. The van der Waals surface area contributed by atoms with Crippen molar-refractivity contribution in [3.05, 3.63) is 69.6 Å². The van der Waals surface area contributed by atoms with Crippen LogP contribution in [0.5, 0.6) is 11.5 Å². The average Bonchev–Trinajstić information content (AvgIpc) is 2.80. The van der Waals surface area contributed by atoms with Gasteiger partial charge in [0.15, 0.2) is 0 Å². The lowest BCUT2D eigenvalue weighted by atomic mass is 9.85. The molecule has 0 aliphatic carbocycles. The highest BCUT2D eigenvalue weighted by Gasteiger charge is 2.40. The van der Waals surface area contributed by atoms with Crippen molar-refractivity contribution in [2.75, 3.05) is 18.5 Å². The number of nitrogens with one attached hydrogen (secondary N) is 1. The maximum atomic E-state index is 13.2. The van der Waals surface area contributed by atoms with E-state index in [9.17, 15) is 24.6 Å². The molecular weight excluding hydrogens is 430 g/mol. The van der Waals surface area contributed by atoms with Gasteiger partial charge in [-0.05, 0) is 38.1 Å². The summed E-state index contributed by atoms with van der Waals surface area (Å²) in [5.74, 6) is -2.15. The topological polar surface area (TPSA) is 135 Å². The fraction of sp³-hybridized carbons (Fsp3) is 0.208. The zero-order valence-corrected chi connectivity index (χ0v) is 17.9. The number of hydrogen-bond donors (Lipinski definition) is 3. The van der Waals surface area contributed by atoms with E-state index in [2.05, 4.69) is 5.32 Å². The minimum atomic E-state index is -1.22. The first-order valence-corrected chi connectivity index (χ1v) is 10.3. The summed E-state index contributed by atoms with van der Waals surface area (Å²) in [6.45, 7) is 3.25. The smallest absolute Gasteiger partial charge is 0.360 e. The molecule has 0 saturated carbocycles. The van der Waals surface area contributed by atoms with Crippen LogP contribution in [0.2, 0.25) is 0 Å². The van der Waals surface area contributed by atoms with Crippen LogP contribution in [0.1, 0.15) is 31.0 Å². The Bertz CT molecular complexity index is 1350. The first-order chi connectivity index (χ1) is 15.9. The Morgan fingerprint density at radius 1 is 1.03 bits per heavy atom. The first-order valence-electron chi connectivity index (χ1n) is 10.3. The van der Waals surface area contributed by atoms with Crippen LogP contribution in [-0.4, -0.2) is 35.4 Å². The van der Waals surface area contributed by atoms with Crippen LogP contribution in [0.3, 0.4) is 0 Å². The lowest BCUT2D eigenvalue weighted by Gasteiger charge is -2.30. The van der Waals surface area contributed by atoms with Gasteiger partial charge in [-0.25, -0.2) is 14.4 Å². The third kappa shape index (κ3) is 3.78. The molecule has 33 heavy (non-hydrogen) atoms. The highest BCUT2D eigenvalue weighted by molar-refractivity contribution is 6.28. The van der Waals surface area contributed by atoms with E-state index in [1.54, 1.807) is 38.1 Å². The zero-order valence-electron chi connectivity index (χ0n) is 17.9. The van der Waals surface area contributed by atoms with Gasteiger partial charge in [-0.15, -0.1) is 0 Å². The fourth-order valence-electron chi connectivity index (χ4n) is 3.89. The molecule has 3 N–H and O–H groups in total. The van der Waals surface area contributed by atoms with E-state index in [4.69, 9.17) is 13.9 Å². The number of rotatable bonds is 5. The molecule has 0 radical (unpaired) electrons. The number of phenols is 2. The molecule has 3 aromatic rings. The van der Waals surface area contributed by atoms with Crippen molar-refractivity contribution in [2.24, 2.45) is 0 Å². The predicted molar refractivity (Wildman–Crippen MR) is 119 cm³/mol. The van der Waals surface area contributed by atoms with Gasteiger partial charge in [0, 0.05) is 16.5 Å². The summed E-state index contributed by atoms with van der Waals surface area (Å²) in [5.41, 5.74) is -0.806. The molecule has 1 aliphatic rings. The molecule has 9 heteroatoms. The number of fused-ring (bicyclic) bond motifs is 3. The van der Waals surface area contributed by atoms with Gasteiger partial charge in [0.2, 0.25) is 0 Å². The molecule has 1 atom stereocenters. The van der Waals surface area contributed by atoms with Crippen LogP contribution in [0.4, 0.5) is 5.69 Å². The molecule has 1 aromatic heterocycles. The Hall–Kier alpha value is -4.27. The highest BCUT2D eigenvalue weighted by atomic mass is 16.5. The first kappa shape index (κ1) is 21.9. The average molecular weight is 451 g/mol. The zero-order chi connectivity index (χ0) is 23.7. The van der Waals surface area contributed by atoms with Crippen molar-refractivity contribution in [1.82, 2.24) is 0 Å². The fourth-order valence-corrected chi connectivity index (χ4v) is 3.89. The van der Waals surface area contributed by atoms with Crippen molar-refractivity contribution in [1.29, 1.82) is 0 Å². The summed E-state index contributed by atoms with van der Waals surface area (Å²) in [4.78, 5) is 39.3. The second-order valence-corrected chi connectivity index (χ2v) is 7.19. The molecule has 0 spiro atoms. The lowest BCUT2D eigenvalue weighted by molar-refractivity contribution is -0.140.